The van der Waals surface area contributed by atoms with Gasteiger partial charge < -0.3 is 0 Å². The van der Waals surface area contributed by atoms with Crippen LogP contribution in [0.5, 0.6) is 0 Å². The first-order chi connectivity index (χ1) is 6.07. The van der Waals surface area contributed by atoms with Gasteiger partial charge in [-0.05, 0) is 34.7 Å². The van der Waals surface area contributed by atoms with Gasteiger partial charge in [0.15, 0.2) is 5.78 Å². The maximum Gasteiger partial charge on any atom is 0.177 e. The second-order valence-electron chi connectivity index (χ2n) is 2.27. The first kappa shape index (κ1) is 11.4. The van der Waals surface area contributed by atoms with Crippen molar-refractivity contribution in [3.63, 3.8) is 0 Å². The Kier molecular flexibility index (Phi) is 4.12. The highest BCUT2D eigenvalue weighted by Crippen LogP contribution is 2.24. The Bertz CT molecular complexity index is 356. The predicted molar refractivity (Wildman–Crippen MR) is 62.3 cm³/mol. The Morgan fingerprint density at radius 2 is 2.23 bits per heavy atom. The van der Waals surface area contributed by atoms with Crippen LogP contribution in [-0.2, 0) is 0 Å². The standard InChI is InChI=1S/C8H4BrClFIO/c9-3-6(13)7-4(10)1-2-5(12)8(7)11/h1-2H,3H2. The minimum Gasteiger partial charge on any atom is -0.293 e. The van der Waals surface area contributed by atoms with E-state index in [0.29, 0.717) is 3.57 Å². The largest absolute Gasteiger partial charge is 0.293 e. The minimum atomic E-state index is -0.544. The van der Waals surface area contributed by atoms with E-state index in [1.54, 1.807) is 0 Å². The van der Waals surface area contributed by atoms with Crippen molar-refractivity contribution in [2.24, 2.45) is 0 Å². The van der Waals surface area contributed by atoms with Gasteiger partial charge in [-0.1, -0.05) is 27.5 Å². The van der Waals surface area contributed by atoms with E-state index in [4.69, 9.17) is 11.6 Å². The summed E-state index contributed by atoms with van der Waals surface area (Å²) in [6, 6.07) is 3.05. The zero-order valence-electron chi connectivity index (χ0n) is 6.28. The van der Waals surface area contributed by atoms with Crippen molar-refractivity contribution >= 4 is 55.9 Å². The summed E-state index contributed by atoms with van der Waals surface area (Å²) < 4.78 is 13.8. The van der Waals surface area contributed by atoms with E-state index in [-0.39, 0.29) is 21.7 Å². The Balaban J connectivity index is 3.33. The average Bonchev–Trinajstić information content (AvgIpc) is 2.12. The summed E-state index contributed by atoms with van der Waals surface area (Å²) in [4.78, 5) is 11.2. The predicted octanol–water partition coefficient (Wildman–Crippen LogP) is 3.66. The van der Waals surface area contributed by atoms with Crippen LogP contribution in [0.25, 0.3) is 0 Å². The fourth-order valence-corrected chi connectivity index (χ4v) is 1.83. The van der Waals surface area contributed by atoms with E-state index in [1.165, 1.54) is 12.1 Å². The lowest BCUT2D eigenvalue weighted by molar-refractivity contribution is 0.102. The zero-order valence-corrected chi connectivity index (χ0v) is 10.8. The topological polar surface area (TPSA) is 17.1 Å². The molecular weight excluding hydrogens is 373 g/mol. The fraction of sp³-hybridized carbons (Fsp3) is 0.125. The SMILES string of the molecule is O=C(CBr)c1c(Cl)ccc(I)c1F. The third kappa shape index (κ3) is 2.41. The van der Waals surface area contributed by atoms with Gasteiger partial charge in [0.25, 0.3) is 0 Å². The highest BCUT2D eigenvalue weighted by atomic mass is 127. The van der Waals surface area contributed by atoms with E-state index >= 15 is 0 Å². The molecule has 13 heavy (non-hydrogen) atoms. The second kappa shape index (κ2) is 4.70. The third-order valence-corrected chi connectivity index (χ3v) is 3.10. The maximum atomic E-state index is 13.4. The number of Topliss-reactive ketones (excluding diaryl/α,β-unsaturated/α-hetero) is 1. The Morgan fingerprint density at radius 1 is 1.62 bits per heavy atom. The number of halogens is 4. The van der Waals surface area contributed by atoms with Crippen LogP contribution in [0.15, 0.2) is 12.1 Å². The quantitative estimate of drug-likeness (QED) is 0.333. The van der Waals surface area contributed by atoms with Crippen molar-refractivity contribution in [2.75, 3.05) is 5.33 Å². The van der Waals surface area contributed by atoms with Crippen LogP contribution < -0.4 is 0 Å². The first-order valence-corrected chi connectivity index (χ1v) is 5.88. The van der Waals surface area contributed by atoms with Gasteiger partial charge in [0.2, 0.25) is 0 Å². The lowest BCUT2D eigenvalue weighted by atomic mass is 10.1. The number of alkyl halides is 1. The molecule has 0 amide bonds. The summed E-state index contributed by atoms with van der Waals surface area (Å²) in [5.41, 5.74) is -0.0366. The van der Waals surface area contributed by atoms with Crippen molar-refractivity contribution in [1.29, 1.82) is 0 Å². The number of hydrogen-bond donors (Lipinski definition) is 0. The van der Waals surface area contributed by atoms with Crippen molar-refractivity contribution < 1.29 is 9.18 Å². The minimum absolute atomic E-state index is 0.0366. The molecular formula is C8H4BrClFIO. The van der Waals surface area contributed by atoms with Gasteiger partial charge in [-0.25, -0.2) is 4.39 Å². The van der Waals surface area contributed by atoms with E-state index in [2.05, 4.69) is 15.9 Å². The van der Waals surface area contributed by atoms with E-state index in [0.717, 1.165) is 0 Å². The molecule has 0 fully saturated rings. The third-order valence-electron chi connectivity index (χ3n) is 1.44. The molecule has 0 radical (unpaired) electrons. The number of carbonyl (C=O) groups is 1. The van der Waals surface area contributed by atoms with Crippen LogP contribution in [0, 0.1) is 9.39 Å². The van der Waals surface area contributed by atoms with E-state index in [9.17, 15) is 9.18 Å². The molecule has 5 heteroatoms. The highest BCUT2D eigenvalue weighted by Gasteiger charge is 2.16. The molecule has 0 aromatic heterocycles. The van der Waals surface area contributed by atoms with Gasteiger partial charge in [0.1, 0.15) is 5.82 Å². The Labute approximate surface area is 102 Å². The summed E-state index contributed by atoms with van der Waals surface area (Å²) in [5.74, 6) is -0.890. The van der Waals surface area contributed by atoms with Gasteiger partial charge in [0.05, 0.1) is 15.9 Å². The molecule has 0 saturated carbocycles. The van der Waals surface area contributed by atoms with Gasteiger partial charge in [-0.2, -0.15) is 0 Å². The second-order valence-corrected chi connectivity index (χ2v) is 4.41. The number of ketones is 1. The molecule has 0 spiro atoms. The summed E-state index contributed by atoms with van der Waals surface area (Å²) in [6.45, 7) is 0. The smallest absolute Gasteiger partial charge is 0.177 e. The molecule has 1 rings (SSSR count). The van der Waals surface area contributed by atoms with Crippen molar-refractivity contribution in [1.82, 2.24) is 0 Å². The molecule has 0 aliphatic rings. The molecule has 0 N–H and O–H groups in total. The van der Waals surface area contributed by atoms with Crippen LogP contribution >= 0.6 is 50.1 Å². The molecule has 1 aromatic rings. The van der Waals surface area contributed by atoms with E-state index < -0.39 is 5.82 Å². The van der Waals surface area contributed by atoms with Crippen LogP contribution in [0.4, 0.5) is 4.39 Å². The van der Waals surface area contributed by atoms with Gasteiger partial charge in [-0.15, -0.1) is 0 Å². The molecule has 70 valence electrons. The lowest BCUT2D eigenvalue weighted by Crippen LogP contribution is -2.05. The van der Waals surface area contributed by atoms with E-state index in [1.807, 2.05) is 22.6 Å². The molecule has 0 aliphatic carbocycles. The summed E-state index contributed by atoms with van der Waals surface area (Å²) in [7, 11) is 0. The van der Waals surface area contributed by atoms with Gasteiger partial charge >= 0.3 is 0 Å². The van der Waals surface area contributed by atoms with Gasteiger partial charge in [0, 0.05) is 3.57 Å². The molecule has 0 unspecified atom stereocenters. The number of rotatable bonds is 2. The van der Waals surface area contributed by atoms with Crippen LogP contribution in [-0.4, -0.2) is 11.1 Å². The Hall–Kier alpha value is 0.320. The number of hydrogen-bond acceptors (Lipinski definition) is 1. The van der Waals surface area contributed by atoms with Crippen molar-refractivity contribution in [3.05, 3.63) is 32.1 Å². The molecule has 1 nitrogen and oxygen atoms in total. The van der Waals surface area contributed by atoms with Crippen LogP contribution in [0.2, 0.25) is 5.02 Å². The molecule has 0 aliphatic heterocycles. The van der Waals surface area contributed by atoms with Crippen LogP contribution in [0.3, 0.4) is 0 Å². The molecule has 0 heterocycles. The monoisotopic (exact) mass is 376 g/mol. The lowest BCUT2D eigenvalue weighted by Gasteiger charge is -2.03. The highest BCUT2D eigenvalue weighted by molar-refractivity contribution is 14.1. The van der Waals surface area contributed by atoms with Crippen molar-refractivity contribution in [3.8, 4) is 0 Å². The maximum absolute atomic E-state index is 13.4. The van der Waals surface area contributed by atoms with Crippen molar-refractivity contribution in [2.45, 2.75) is 0 Å². The summed E-state index contributed by atoms with van der Waals surface area (Å²) >= 11 is 10.5. The molecule has 0 saturated heterocycles. The fourth-order valence-electron chi connectivity index (χ4n) is 0.849. The summed E-state index contributed by atoms with van der Waals surface area (Å²) in [5, 5.41) is 0.228. The average molecular weight is 377 g/mol. The molecule has 0 bridgehead atoms. The molecule has 1 aromatic carbocycles. The zero-order chi connectivity index (χ0) is 10.0. The number of carbonyl (C=O) groups excluding carboxylic acids is 1. The summed E-state index contributed by atoms with van der Waals surface area (Å²) in [6.07, 6.45) is 0. The molecule has 0 atom stereocenters. The van der Waals surface area contributed by atoms with Gasteiger partial charge in [-0.3, -0.25) is 4.79 Å². The first-order valence-electron chi connectivity index (χ1n) is 3.30. The Morgan fingerprint density at radius 3 is 2.77 bits per heavy atom. The van der Waals surface area contributed by atoms with Crippen LogP contribution in [0.1, 0.15) is 10.4 Å². The normalized spacial score (nSPS) is 10.2. The number of benzene rings is 1.